The number of nitrogens with zero attached hydrogens (tertiary/aromatic N) is 1. The number of aromatic nitrogens is 2. The number of hydrogen-bond acceptors (Lipinski definition) is 3. The fraction of sp³-hybridized carbons (Fsp3) is 0.643. The summed E-state index contributed by atoms with van der Waals surface area (Å²) in [5, 5.41) is 12.6. The molecule has 116 valence electrons. The Hall–Kier alpha value is -2.05. The first kappa shape index (κ1) is 15.3. The molecule has 0 aliphatic heterocycles. The standard InChI is InChI=1S/C14H23N5O2/c1-8(11-9(2)18-19-10(11)3)16-13(21)17-14(12(15)20)6-4-5-7-14/h8H,4-7H2,1-3H3,(H2,15,20)(H,18,19)(H2,16,17,21)/t8-/m1/s1. The molecule has 0 aromatic carbocycles. The number of aromatic amines is 1. The minimum atomic E-state index is -0.899. The fourth-order valence-electron chi connectivity index (χ4n) is 3.13. The van der Waals surface area contributed by atoms with Crippen LogP contribution in [0, 0.1) is 13.8 Å². The summed E-state index contributed by atoms with van der Waals surface area (Å²) in [6.07, 6.45) is 3.01. The van der Waals surface area contributed by atoms with Crippen LogP contribution in [-0.2, 0) is 4.79 Å². The zero-order chi connectivity index (χ0) is 15.6. The van der Waals surface area contributed by atoms with E-state index < -0.39 is 11.4 Å². The zero-order valence-electron chi connectivity index (χ0n) is 12.7. The van der Waals surface area contributed by atoms with Crippen LogP contribution in [-0.4, -0.2) is 27.7 Å². The lowest BCUT2D eigenvalue weighted by Crippen LogP contribution is -2.58. The van der Waals surface area contributed by atoms with Crippen LogP contribution in [0.15, 0.2) is 0 Å². The Kier molecular flexibility index (Phi) is 4.20. The molecule has 21 heavy (non-hydrogen) atoms. The van der Waals surface area contributed by atoms with Crippen molar-refractivity contribution >= 4 is 11.9 Å². The van der Waals surface area contributed by atoms with Gasteiger partial charge in [-0.25, -0.2) is 4.79 Å². The second-order valence-electron chi connectivity index (χ2n) is 5.82. The van der Waals surface area contributed by atoms with Crippen LogP contribution in [0.2, 0.25) is 0 Å². The van der Waals surface area contributed by atoms with Gasteiger partial charge in [0.05, 0.1) is 11.7 Å². The third kappa shape index (κ3) is 3.01. The number of amides is 3. The van der Waals surface area contributed by atoms with E-state index in [2.05, 4.69) is 20.8 Å². The van der Waals surface area contributed by atoms with Crippen molar-refractivity contribution < 1.29 is 9.59 Å². The number of hydrogen-bond donors (Lipinski definition) is 4. The third-order valence-electron chi connectivity index (χ3n) is 4.25. The van der Waals surface area contributed by atoms with Crippen LogP contribution >= 0.6 is 0 Å². The Morgan fingerprint density at radius 3 is 2.43 bits per heavy atom. The summed E-state index contributed by atoms with van der Waals surface area (Å²) in [4.78, 5) is 23.8. The first-order valence-electron chi connectivity index (χ1n) is 7.26. The molecule has 7 nitrogen and oxygen atoms in total. The smallest absolute Gasteiger partial charge is 0.316 e. The van der Waals surface area contributed by atoms with Gasteiger partial charge in [0.25, 0.3) is 0 Å². The molecule has 1 aliphatic rings. The average Bonchev–Trinajstić information content (AvgIpc) is 2.97. The van der Waals surface area contributed by atoms with Crippen molar-refractivity contribution in [3.8, 4) is 0 Å². The van der Waals surface area contributed by atoms with Gasteiger partial charge in [0.15, 0.2) is 0 Å². The van der Waals surface area contributed by atoms with E-state index in [4.69, 9.17) is 5.73 Å². The largest absolute Gasteiger partial charge is 0.368 e. The molecule has 1 aliphatic carbocycles. The van der Waals surface area contributed by atoms with Gasteiger partial charge in [0.1, 0.15) is 5.54 Å². The van der Waals surface area contributed by atoms with E-state index in [1.165, 1.54) is 0 Å². The fourth-order valence-corrected chi connectivity index (χ4v) is 3.13. The van der Waals surface area contributed by atoms with E-state index in [0.717, 1.165) is 29.8 Å². The van der Waals surface area contributed by atoms with Crippen molar-refractivity contribution in [3.05, 3.63) is 17.0 Å². The van der Waals surface area contributed by atoms with E-state index >= 15 is 0 Å². The average molecular weight is 293 g/mol. The maximum atomic E-state index is 12.2. The van der Waals surface area contributed by atoms with Gasteiger partial charge in [-0.1, -0.05) is 12.8 Å². The van der Waals surface area contributed by atoms with E-state index in [1.807, 2.05) is 20.8 Å². The Morgan fingerprint density at radius 2 is 1.95 bits per heavy atom. The predicted molar refractivity (Wildman–Crippen MR) is 78.5 cm³/mol. The van der Waals surface area contributed by atoms with E-state index in [1.54, 1.807) is 0 Å². The van der Waals surface area contributed by atoms with Crippen molar-refractivity contribution in [1.82, 2.24) is 20.8 Å². The zero-order valence-corrected chi connectivity index (χ0v) is 12.7. The van der Waals surface area contributed by atoms with Crippen LogP contribution < -0.4 is 16.4 Å². The molecule has 1 atom stereocenters. The van der Waals surface area contributed by atoms with Gasteiger partial charge >= 0.3 is 6.03 Å². The van der Waals surface area contributed by atoms with Gasteiger partial charge in [-0.05, 0) is 33.6 Å². The monoisotopic (exact) mass is 293 g/mol. The third-order valence-corrected chi connectivity index (χ3v) is 4.25. The minimum absolute atomic E-state index is 0.199. The van der Waals surface area contributed by atoms with Gasteiger partial charge < -0.3 is 16.4 Å². The van der Waals surface area contributed by atoms with Gasteiger partial charge in [0, 0.05) is 11.3 Å². The number of nitrogens with two attached hydrogens (primary N) is 1. The Morgan fingerprint density at radius 1 is 1.33 bits per heavy atom. The maximum absolute atomic E-state index is 12.2. The van der Waals surface area contributed by atoms with Gasteiger partial charge in [-0.3, -0.25) is 9.89 Å². The molecular formula is C14H23N5O2. The molecule has 0 bridgehead atoms. The van der Waals surface area contributed by atoms with Crippen LogP contribution in [0.5, 0.6) is 0 Å². The highest BCUT2D eigenvalue weighted by molar-refractivity contribution is 5.90. The molecule has 1 heterocycles. The molecule has 0 saturated heterocycles. The number of carbonyl (C=O) groups is 2. The summed E-state index contributed by atoms with van der Waals surface area (Å²) in [5.74, 6) is -0.460. The summed E-state index contributed by atoms with van der Waals surface area (Å²) in [7, 11) is 0. The second-order valence-corrected chi connectivity index (χ2v) is 5.82. The highest BCUT2D eigenvalue weighted by Crippen LogP contribution is 2.29. The number of rotatable bonds is 4. The molecule has 7 heteroatoms. The molecule has 5 N–H and O–H groups in total. The van der Waals surface area contributed by atoms with Gasteiger partial charge in [-0.15, -0.1) is 0 Å². The number of carbonyl (C=O) groups excluding carboxylic acids is 2. The van der Waals surface area contributed by atoms with Crippen molar-refractivity contribution in [2.45, 2.75) is 58.0 Å². The molecule has 1 aromatic rings. The van der Waals surface area contributed by atoms with Crippen molar-refractivity contribution in [3.63, 3.8) is 0 Å². The molecule has 0 radical (unpaired) electrons. The molecule has 1 fully saturated rings. The first-order chi connectivity index (χ1) is 9.85. The maximum Gasteiger partial charge on any atom is 0.316 e. The highest BCUT2D eigenvalue weighted by Gasteiger charge is 2.41. The Bertz CT molecular complexity index is 526. The van der Waals surface area contributed by atoms with Crippen molar-refractivity contribution in [2.24, 2.45) is 5.73 Å². The van der Waals surface area contributed by atoms with Gasteiger partial charge in [0.2, 0.25) is 5.91 Å². The van der Waals surface area contributed by atoms with Gasteiger partial charge in [-0.2, -0.15) is 5.10 Å². The van der Waals surface area contributed by atoms with Crippen LogP contribution in [0.3, 0.4) is 0 Å². The minimum Gasteiger partial charge on any atom is -0.368 e. The molecule has 0 spiro atoms. The number of nitrogens with one attached hydrogen (secondary N) is 3. The molecular weight excluding hydrogens is 270 g/mol. The summed E-state index contributed by atoms with van der Waals surface area (Å²) in [6, 6.07) is -0.571. The lowest BCUT2D eigenvalue weighted by Gasteiger charge is -2.27. The normalized spacial score (nSPS) is 18.2. The van der Waals surface area contributed by atoms with Crippen molar-refractivity contribution in [1.29, 1.82) is 0 Å². The predicted octanol–water partition coefficient (Wildman–Crippen LogP) is 1.18. The SMILES string of the molecule is Cc1n[nH]c(C)c1[C@@H](C)NC(=O)NC1(C(N)=O)CCCC1. The lowest BCUT2D eigenvalue weighted by atomic mass is 9.97. The van der Waals surface area contributed by atoms with E-state index in [0.29, 0.717) is 12.8 Å². The van der Waals surface area contributed by atoms with Crippen LogP contribution in [0.4, 0.5) is 4.79 Å². The molecule has 1 saturated carbocycles. The van der Waals surface area contributed by atoms with Crippen LogP contribution in [0.25, 0.3) is 0 Å². The second kappa shape index (κ2) is 5.75. The number of aryl methyl sites for hydroxylation is 2. The topological polar surface area (TPSA) is 113 Å². The van der Waals surface area contributed by atoms with E-state index in [9.17, 15) is 9.59 Å². The Labute approximate surface area is 124 Å². The molecule has 0 unspecified atom stereocenters. The molecule has 1 aromatic heterocycles. The highest BCUT2D eigenvalue weighted by atomic mass is 16.2. The van der Waals surface area contributed by atoms with Crippen LogP contribution in [0.1, 0.15) is 55.6 Å². The number of urea groups is 1. The Balaban J connectivity index is 2.03. The first-order valence-corrected chi connectivity index (χ1v) is 7.26. The molecule has 2 rings (SSSR count). The summed E-state index contributed by atoms with van der Waals surface area (Å²) >= 11 is 0. The summed E-state index contributed by atoms with van der Waals surface area (Å²) in [6.45, 7) is 5.68. The summed E-state index contributed by atoms with van der Waals surface area (Å²) < 4.78 is 0. The summed E-state index contributed by atoms with van der Waals surface area (Å²) in [5.41, 5.74) is 7.30. The quantitative estimate of drug-likeness (QED) is 0.668. The number of primary amides is 1. The molecule has 3 amide bonds. The lowest BCUT2D eigenvalue weighted by molar-refractivity contribution is -0.123. The number of H-pyrrole nitrogens is 1. The van der Waals surface area contributed by atoms with E-state index in [-0.39, 0.29) is 12.1 Å². The van der Waals surface area contributed by atoms with Crippen molar-refractivity contribution in [2.75, 3.05) is 0 Å².